The Labute approximate surface area is 203 Å². The summed E-state index contributed by atoms with van der Waals surface area (Å²) in [6.07, 6.45) is -0.940. The van der Waals surface area contributed by atoms with Gasteiger partial charge in [0, 0.05) is 37.0 Å². The highest BCUT2D eigenvalue weighted by molar-refractivity contribution is 7.80. The molecule has 11 heteroatoms. The van der Waals surface area contributed by atoms with Gasteiger partial charge in [0.15, 0.2) is 0 Å². The summed E-state index contributed by atoms with van der Waals surface area (Å²) < 4.78 is 43.0. The standard InChI is InChI=1S/C24H25FN2O7S/c1-27(35(32)33)21-13-16(5-9-22(21)28)23(29)14-26-10-11-34-18-6-2-15(3-7-18)19-8-4-17(24(30)31)12-20(19)25/h2-9,12-13,23,26,28-29H,10-11,14H2,1H3,(H,30,31)(H,32,33)/p-1. The first-order valence-corrected chi connectivity index (χ1v) is 11.5. The van der Waals surface area contributed by atoms with Crippen molar-refractivity contribution >= 4 is 22.9 Å². The summed E-state index contributed by atoms with van der Waals surface area (Å²) >= 11 is -2.57. The SMILES string of the molecule is CN(c1cc(C(O)CNCCOc2ccc(-c3ccc(C(=O)O)cc3F)cc2)ccc1O)S(=O)[O-]. The number of aliphatic hydroxyl groups is 1. The second kappa shape index (κ2) is 11.8. The van der Waals surface area contributed by atoms with Crippen LogP contribution in [0.25, 0.3) is 11.1 Å². The van der Waals surface area contributed by atoms with Crippen molar-refractivity contribution in [3.63, 3.8) is 0 Å². The summed E-state index contributed by atoms with van der Waals surface area (Å²) in [6, 6.07) is 14.6. The highest BCUT2D eigenvalue weighted by Gasteiger charge is 2.14. The fraction of sp³-hybridized carbons (Fsp3) is 0.208. The number of ether oxygens (including phenoxy) is 1. The van der Waals surface area contributed by atoms with Crippen LogP contribution in [0.4, 0.5) is 10.1 Å². The minimum atomic E-state index is -2.57. The number of hydrogen-bond donors (Lipinski definition) is 4. The van der Waals surface area contributed by atoms with Crippen LogP contribution in [-0.2, 0) is 11.3 Å². The number of hydrogen-bond acceptors (Lipinski definition) is 7. The van der Waals surface area contributed by atoms with Crippen LogP contribution in [0.15, 0.2) is 60.7 Å². The number of nitrogens with one attached hydrogen (secondary N) is 1. The van der Waals surface area contributed by atoms with Gasteiger partial charge in [0.1, 0.15) is 23.9 Å². The molecule has 0 spiro atoms. The molecule has 3 aromatic rings. The van der Waals surface area contributed by atoms with Crippen molar-refractivity contribution in [3.05, 3.63) is 77.6 Å². The van der Waals surface area contributed by atoms with Gasteiger partial charge in [0.2, 0.25) is 0 Å². The number of nitrogens with zero attached hydrogens (tertiary/aromatic N) is 1. The van der Waals surface area contributed by atoms with Gasteiger partial charge in [-0.1, -0.05) is 24.3 Å². The van der Waals surface area contributed by atoms with Crippen LogP contribution in [0.1, 0.15) is 22.0 Å². The van der Waals surface area contributed by atoms with Crippen molar-refractivity contribution in [2.75, 3.05) is 31.0 Å². The van der Waals surface area contributed by atoms with E-state index in [0.717, 1.165) is 10.4 Å². The number of halogens is 1. The lowest BCUT2D eigenvalue weighted by Gasteiger charge is -2.23. The summed E-state index contributed by atoms with van der Waals surface area (Å²) in [5.74, 6) is -1.50. The van der Waals surface area contributed by atoms with E-state index in [1.807, 2.05) is 0 Å². The first kappa shape index (κ1) is 26.1. The van der Waals surface area contributed by atoms with Crippen LogP contribution >= 0.6 is 0 Å². The Balaban J connectivity index is 1.48. The average Bonchev–Trinajstić information content (AvgIpc) is 2.83. The van der Waals surface area contributed by atoms with E-state index in [1.54, 1.807) is 24.3 Å². The topological polar surface area (TPSA) is 142 Å². The van der Waals surface area contributed by atoms with E-state index >= 15 is 0 Å². The van der Waals surface area contributed by atoms with Crippen molar-refractivity contribution < 1.29 is 38.0 Å². The third-order valence-electron chi connectivity index (χ3n) is 5.21. The first-order valence-electron chi connectivity index (χ1n) is 10.5. The van der Waals surface area contributed by atoms with Crippen molar-refractivity contribution in [1.82, 2.24) is 5.32 Å². The molecule has 0 saturated heterocycles. The number of anilines is 1. The Morgan fingerprint density at radius 3 is 2.51 bits per heavy atom. The minimum Gasteiger partial charge on any atom is -0.755 e. The number of benzene rings is 3. The first-order chi connectivity index (χ1) is 16.7. The fourth-order valence-corrected chi connectivity index (χ4v) is 3.60. The van der Waals surface area contributed by atoms with Crippen molar-refractivity contribution in [1.29, 1.82) is 0 Å². The Morgan fingerprint density at radius 2 is 1.89 bits per heavy atom. The Bertz CT molecular complexity index is 1210. The highest BCUT2D eigenvalue weighted by Crippen LogP contribution is 2.30. The molecule has 0 heterocycles. The van der Waals surface area contributed by atoms with Crippen LogP contribution in [0.5, 0.6) is 11.5 Å². The van der Waals surface area contributed by atoms with Crippen molar-refractivity contribution in [2.24, 2.45) is 0 Å². The average molecular weight is 504 g/mol. The van der Waals surface area contributed by atoms with Crippen LogP contribution < -0.4 is 14.4 Å². The normalized spacial score (nSPS) is 12.7. The number of carbonyl (C=O) groups is 1. The summed E-state index contributed by atoms with van der Waals surface area (Å²) in [5.41, 5.74) is 1.22. The summed E-state index contributed by atoms with van der Waals surface area (Å²) in [4.78, 5) is 10.9. The lowest BCUT2D eigenvalue weighted by atomic mass is 10.0. The third kappa shape index (κ3) is 6.76. The molecule has 2 unspecified atom stereocenters. The Kier molecular flexibility index (Phi) is 8.77. The van der Waals surface area contributed by atoms with E-state index in [2.05, 4.69) is 5.32 Å². The number of rotatable bonds is 11. The molecule has 186 valence electrons. The second-order valence-corrected chi connectivity index (χ2v) is 8.54. The maximum absolute atomic E-state index is 14.2. The number of aromatic hydroxyl groups is 1. The van der Waals surface area contributed by atoms with Gasteiger partial charge in [-0.3, -0.25) is 4.21 Å². The highest BCUT2D eigenvalue weighted by atomic mass is 32.2. The van der Waals surface area contributed by atoms with Gasteiger partial charge < -0.3 is 34.2 Å². The van der Waals surface area contributed by atoms with Gasteiger partial charge in [0.25, 0.3) is 0 Å². The zero-order chi connectivity index (χ0) is 25.5. The van der Waals surface area contributed by atoms with E-state index in [9.17, 15) is 28.2 Å². The van der Waals surface area contributed by atoms with Crippen LogP contribution in [0, 0.1) is 5.82 Å². The Hall–Kier alpha value is -3.51. The minimum absolute atomic E-state index is 0.0550. The molecule has 3 aromatic carbocycles. The fourth-order valence-electron chi connectivity index (χ4n) is 3.29. The number of carboxylic acid groups (broad SMARTS) is 1. The summed E-state index contributed by atoms with van der Waals surface area (Å²) in [5, 5.41) is 32.2. The lowest BCUT2D eigenvalue weighted by Crippen LogP contribution is -2.26. The maximum Gasteiger partial charge on any atom is 0.335 e. The number of carboxylic acids is 1. The molecule has 0 fully saturated rings. The molecule has 0 saturated carbocycles. The number of aromatic carboxylic acids is 1. The third-order valence-corrected chi connectivity index (χ3v) is 5.86. The van der Waals surface area contributed by atoms with Crippen molar-refractivity contribution in [2.45, 2.75) is 6.10 Å². The monoisotopic (exact) mass is 503 g/mol. The molecule has 0 radical (unpaired) electrons. The molecule has 0 bridgehead atoms. The summed E-state index contributed by atoms with van der Waals surface area (Å²) in [6.45, 7) is 0.855. The predicted octanol–water partition coefficient (Wildman–Crippen LogP) is 2.83. The van der Waals surface area contributed by atoms with E-state index in [1.165, 1.54) is 37.4 Å². The summed E-state index contributed by atoms with van der Waals surface area (Å²) in [7, 11) is 1.28. The van der Waals surface area contributed by atoms with Gasteiger partial charge in [-0.25, -0.2) is 9.18 Å². The predicted molar refractivity (Wildman–Crippen MR) is 128 cm³/mol. The molecule has 0 aliphatic carbocycles. The zero-order valence-corrected chi connectivity index (χ0v) is 19.5. The molecular weight excluding hydrogens is 479 g/mol. The molecule has 9 nitrogen and oxygen atoms in total. The number of phenolic OH excluding ortho intramolecular Hbond substituents is 1. The van der Waals surface area contributed by atoms with Gasteiger partial charge in [-0.05, 0) is 47.5 Å². The van der Waals surface area contributed by atoms with Gasteiger partial charge in [-0.15, -0.1) is 0 Å². The molecule has 35 heavy (non-hydrogen) atoms. The largest absolute Gasteiger partial charge is 0.755 e. The molecular formula is C24H24FN2O7S-. The number of phenols is 1. The van der Waals surface area contributed by atoms with Crippen LogP contribution in [0.3, 0.4) is 0 Å². The van der Waals surface area contributed by atoms with Crippen molar-refractivity contribution in [3.8, 4) is 22.6 Å². The lowest BCUT2D eigenvalue weighted by molar-refractivity contribution is 0.0696. The van der Waals surface area contributed by atoms with E-state index in [4.69, 9.17) is 9.84 Å². The van der Waals surface area contributed by atoms with E-state index < -0.39 is 29.2 Å². The van der Waals surface area contributed by atoms with Crippen LogP contribution in [-0.4, -0.2) is 56.8 Å². The molecule has 4 N–H and O–H groups in total. The van der Waals surface area contributed by atoms with Crippen LogP contribution in [0.2, 0.25) is 0 Å². The molecule has 0 aliphatic heterocycles. The van der Waals surface area contributed by atoms with Gasteiger partial charge in [0.05, 0.1) is 17.4 Å². The maximum atomic E-state index is 14.2. The number of aliphatic hydroxyl groups excluding tert-OH is 1. The molecule has 0 amide bonds. The smallest absolute Gasteiger partial charge is 0.335 e. The van der Waals surface area contributed by atoms with Gasteiger partial charge >= 0.3 is 5.97 Å². The zero-order valence-electron chi connectivity index (χ0n) is 18.7. The van der Waals surface area contributed by atoms with E-state index in [0.29, 0.717) is 23.4 Å². The second-order valence-electron chi connectivity index (χ2n) is 7.56. The van der Waals surface area contributed by atoms with Gasteiger partial charge in [-0.2, -0.15) is 0 Å². The molecule has 3 rings (SSSR count). The quantitative estimate of drug-likeness (QED) is 0.231. The van der Waals surface area contributed by atoms with E-state index in [-0.39, 0.29) is 35.7 Å². The molecule has 2 atom stereocenters. The molecule has 0 aromatic heterocycles. The molecule has 0 aliphatic rings. The Morgan fingerprint density at radius 1 is 1.17 bits per heavy atom.